The highest BCUT2D eigenvalue weighted by atomic mass is 16.3. The van der Waals surface area contributed by atoms with Crippen molar-refractivity contribution in [2.45, 2.75) is 46.6 Å². The number of hydrogen-bond donors (Lipinski definition) is 1. The monoisotopic (exact) mass is 262 g/mol. The smallest absolute Gasteiger partial charge is 0.0957 e. The maximum absolute atomic E-state index is 9.76. The maximum Gasteiger partial charge on any atom is 0.0957 e. The van der Waals surface area contributed by atoms with Crippen LogP contribution in [0.25, 0.3) is 0 Å². The van der Waals surface area contributed by atoms with E-state index in [4.69, 9.17) is 0 Å². The molecule has 1 saturated heterocycles. The molecule has 0 aliphatic carbocycles. The average Bonchev–Trinajstić information content (AvgIpc) is 2.87. The number of pyridine rings is 1. The lowest BCUT2D eigenvalue weighted by Crippen LogP contribution is -2.25. The molecule has 1 fully saturated rings. The lowest BCUT2D eigenvalue weighted by Gasteiger charge is -2.27. The number of aliphatic hydroxyl groups excluding tert-OH is 1. The molecule has 0 radical (unpaired) electrons. The largest absolute Gasteiger partial charge is 0.387 e. The van der Waals surface area contributed by atoms with Crippen LogP contribution in [0.3, 0.4) is 0 Å². The molecule has 2 rings (SSSR count). The highest BCUT2D eigenvalue weighted by Crippen LogP contribution is 2.35. The van der Waals surface area contributed by atoms with Crippen LogP contribution >= 0.6 is 0 Å². The van der Waals surface area contributed by atoms with Crippen LogP contribution in [0.5, 0.6) is 0 Å². The standard InChI is InChI=1S/C16H26N2O/c1-5-15(19)14-7-6-13(10-17-14)18-9-8-12(11-18)16(2,3)4/h6-7,10,12,15,19H,5,8-9,11H2,1-4H3. The van der Waals surface area contributed by atoms with Crippen LogP contribution in [-0.4, -0.2) is 23.2 Å². The fourth-order valence-corrected chi connectivity index (χ4v) is 2.69. The summed E-state index contributed by atoms with van der Waals surface area (Å²) in [6, 6.07) is 4.04. The number of hydrogen-bond acceptors (Lipinski definition) is 3. The van der Waals surface area contributed by atoms with Crippen LogP contribution in [0.15, 0.2) is 18.3 Å². The van der Waals surface area contributed by atoms with Gasteiger partial charge in [-0.15, -0.1) is 0 Å². The van der Waals surface area contributed by atoms with E-state index in [1.54, 1.807) is 0 Å². The molecule has 0 saturated carbocycles. The lowest BCUT2D eigenvalue weighted by molar-refractivity contribution is 0.169. The summed E-state index contributed by atoms with van der Waals surface area (Å²) in [6.45, 7) is 11.1. The molecule has 0 spiro atoms. The molecule has 0 aromatic carbocycles. The van der Waals surface area contributed by atoms with Gasteiger partial charge in [0.15, 0.2) is 0 Å². The second kappa shape index (κ2) is 5.49. The minimum absolute atomic E-state index is 0.376. The van der Waals surface area contributed by atoms with Gasteiger partial charge in [-0.1, -0.05) is 27.7 Å². The van der Waals surface area contributed by atoms with Gasteiger partial charge in [0, 0.05) is 13.1 Å². The molecule has 2 unspecified atom stereocenters. The summed E-state index contributed by atoms with van der Waals surface area (Å²) < 4.78 is 0. The van der Waals surface area contributed by atoms with E-state index in [1.165, 1.54) is 12.1 Å². The first-order valence-electron chi connectivity index (χ1n) is 7.30. The Hall–Kier alpha value is -1.09. The van der Waals surface area contributed by atoms with Gasteiger partial charge >= 0.3 is 0 Å². The number of aliphatic hydroxyl groups is 1. The van der Waals surface area contributed by atoms with Crippen molar-refractivity contribution in [1.82, 2.24) is 4.98 Å². The molecule has 19 heavy (non-hydrogen) atoms. The van der Waals surface area contributed by atoms with E-state index in [1.807, 2.05) is 19.2 Å². The van der Waals surface area contributed by atoms with E-state index in [0.29, 0.717) is 11.8 Å². The van der Waals surface area contributed by atoms with Crippen LogP contribution < -0.4 is 4.90 Å². The number of aromatic nitrogens is 1. The third-order valence-corrected chi connectivity index (χ3v) is 4.28. The molecule has 106 valence electrons. The second-order valence-corrected chi connectivity index (χ2v) is 6.66. The Bertz CT molecular complexity index is 408. The van der Waals surface area contributed by atoms with Gasteiger partial charge in [-0.2, -0.15) is 0 Å². The first-order valence-corrected chi connectivity index (χ1v) is 7.30. The van der Waals surface area contributed by atoms with Crippen molar-refractivity contribution in [1.29, 1.82) is 0 Å². The molecule has 1 aliphatic heterocycles. The zero-order chi connectivity index (χ0) is 14.0. The van der Waals surface area contributed by atoms with E-state index < -0.39 is 6.10 Å². The van der Waals surface area contributed by atoms with Crippen molar-refractivity contribution in [2.24, 2.45) is 11.3 Å². The van der Waals surface area contributed by atoms with Gasteiger partial charge in [0.25, 0.3) is 0 Å². The van der Waals surface area contributed by atoms with E-state index in [2.05, 4.69) is 36.7 Å². The van der Waals surface area contributed by atoms with Crippen molar-refractivity contribution < 1.29 is 5.11 Å². The van der Waals surface area contributed by atoms with Crippen molar-refractivity contribution >= 4 is 5.69 Å². The quantitative estimate of drug-likeness (QED) is 0.907. The molecule has 0 amide bonds. The normalized spacial score (nSPS) is 21.7. The Morgan fingerprint density at radius 3 is 2.63 bits per heavy atom. The van der Waals surface area contributed by atoms with Gasteiger partial charge in [0.2, 0.25) is 0 Å². The van der Waals surface area contributed by atoms with E-state index in [9.17, 15) is 5.11 Å². The first kappa shape index (κ1) is 14.3. The fourth-order valence-electron chi connectivity index (χ4n) is 2.69. The summed E-state index contributed by atoms with van der Waals surface area (Å²) in [5.74, 6) is 0.744. The molecular weight excluding hydrogens is 236 g/mol. The van der Waals surface area contributed by atoms with Gasteiger partial charge in [-0.05, 0) is 36.3 Å². The highest BCUT2D eigenvalue weighted by molar-refractivity contribution is 5.45. The van der Waals surface area contributed by atoms with Gasteiger partial charge in [0.1, 0.15) is 0 Å². The highest BCUT2D eigenvalue weighted by Gasteiger charge is 2.31. The maximum atomic E-state index is 9.76. The Labute approximate surface area is 116 Å². The minimum atomic E-state index is -0.435. The van der Waals surface area contributed by atoms with Crippen molar-refractivity contribution in [2.75, 3.05) is 18.0 Å². The van der Waals surface area contributed by atoms with Gasteiger partial charge in [0.05, 0.1) is 23.7 Å². The third kappa shape index (κ3) is 3.27. The predicted octanol–water partition coefficient (Wildman–Crippen LogP) is 3.40. The molecule has 1 aromatic rings. The van der Waals surface area contributed by atoms with Gasteiger partial charge in [-0.3, -0.25) is 4.98 Å². The topological polar surface area (TPSA) is 36.4 Å². The minimum Gasteiger partial charge on any atom is -0.387 e. The van der Waals surface area contributed by atoms with E-state index in [0.717, 1.165) is 24.7 Å². The molecule has 1 N–H and O–H groups in total. The van der Waals surface area contributed by atoms with Crippen LogP contribution in [0, 0.1) is 11.3 Å². The van der Waals surface area contributed by atoms with E-state index >= 15 is 0 Å². The molecule has 3 heteroatoms. The molecule has 2 heterocycles. The van der Waals surface area contributed by atoms with Crippen LogP contribution in [0.2, 0.25) is 0 Å². The summed E-state index contributed by atoms with van der Waals surface area (Å²) in [5, 5.41) is 9.76. The van der Waals surface area contributed by atoms with Gasteiger partial charge < -0.3 is 10.0 Å². The summed E-state index contributed by atoms with van der Waals surface area (Å²) in [7, 11) is 0. The van der Waals surface area contributed by atoms with Crippen LogP contribution in [0.1, 0.15) is 52.3 Å². The SMILES string of the molecule is CCC(O)c1ccc(N2CCC(C(C)(C)C)C2)cn1. The predicted molar refractivity (Wildman–Crippen MR) is 79.3 cm³/mol. The zero-order valence-electron chi connectivity index (χ0n) is 12.6. The second-order valence-electron chi connectivity index (χ2n) is 6.66. The Kier molecular flexibility index (Phi) is 4.14. The van der Waals surface area contributed by atoms with Crippen LogP contribution in [0.4, 0.5) is 5.69 Å². The van der Waals surface area contributed by atoms with Gasteiger partial charge in [-0.25, -0.2) is 0 Å². The molecule has 1 aromatic heterocycles. The lowest BCUT2D eigenvalue weighted by atomic mass is 9.80. The first-order chi connectivity index (χ1) is 8.91. The molecule has 3 nitrogen and oxygen atoms in total. The molecule has 0 bridgehead atoms. The number of anilines is 1. The number of nitrogens with zero attached hydrogens (tertiary/aromatic N) is 2. The Morgan fingerprint density at radius 2 is 2.16 bits per heavy atom. The summed E-state index contributed by atoms with van der Waals surface area (Å²) in [5.41, 5.74) is 2.33. The summed E-state index contributed by atoms with van der Waals surface area (Å²) in [4.78, 5) is 6.80. The zero-order valence-corrected chi connectivity index (χ0v) is 12.6. The third-order valence-electron chi connectivity index (χ3n) is 4.28. The Morgan fingerprint density at radius 1 is 1.42 bits per heavy atom. The van der Waals surface area contributed by atoms with Crippen LogP contribution in [-0.2, 0) is 0 Å². The van der Waals surface area contributed by atoms with Crippen molar-refractivity contribution in [3.8, 4) is 0 Å². The fraction of sp³-hybridized carbons (Fsp3) is 0.688. The van der Waals surface area contributed by atoms with E-state index in [-0.39, 0.29) is 0 Å². The Balaban J connectivity index is 2.04. The average molecular weight is 262 g/mol. The van der Waals surface area contributed by atoms with Crippen molar-refractivity contribution in [3.63, 3.8) is 0 Å². The molecule has 2 atom stereocenters. The summed E-state index contributed by atoms with van der Waals surface area (Å²) >= 11 is 0. The van der Waals surface area contributed by atoms with Crippen molar-refractivity contribution in [3.05, 3.63) is 24.0 Å². The summed E-state index contributed by atoms with van der Waals surface area (Å²) in [6.07, 6.45) is 3.43. The number of rotatable bonds is 3. The molecular formula is C16H26N2O. The molecule has 1 aliphatic rings.